The average Bonchev–Trinajstić information content (AvgIpc) is 2.69. The zero-order chi connectivity index (χ0) is 19.8. The monoisotopic (exact) mass is 438 g/mol. The maximum Gasteiger partial charge on any atom is 0.161 e. The molecule has 2 N–H and O–H groups in total. The molecule has 1 atom stereocenters. The Labute approximate surface area is 170 Å². The van der Waals surface area contributed by atoms with Gasteiger partial charge in [0.2, 0.25) is 0 Å². The number of hydrogen-bond acceptors (Lipinski definition) is 5. The zero-order valence-corrected chi connectivity index (χ0v) is 16.4. The third-order valence-electron chi connectivity index (χ3n) is 5.08. The second-order valence-electron chi connectivity index (χ2n) is 6.70. The highest BCUT2D eigenvalue weighted by Gasteiger charge is 2.40. The van der Waals surface area contributed by atoms with Gasteiger partial charge in [-0.05, 0) is 42.7 Å². The van der Waals surface area contributed by atoms with Gasteiger partial charge in [0, 0.05) is 34.6 Å². The van der Waals surface area contributed by atoms with E-state index in [1.54, 1.807) is 30.6 Å². The highest BCUT2D eigenvalue weighted by molar-refractivity contribution is 9.10. The number of Topliss-reactive ketones (excluding diaryl/α,β-unsaturated/α-hetero) is 1. The number of aromatic nitrogens is 1. The summed E-state index contributed by atoms with van der Waals surface area (Å²) in [5.74, 6) is -0.973. The van der Waals surface area contributed by atoms with Gasteiger partial charge in [0.25, 0.3) is 0 Å². The number of anilines is 1. The van der Waals surface area contributed by atoms with E-state index in [0.717, 1.165) is 5.56 Å². The van der Waals surface area contributed by atoms with Gasteiger partial charge in [-0.1, -0.05) is 22.0 Å². The van der Waals surface area contributed by atoms with Crippen LogP contribution in [-0.4, -0.2) is 10.8 Å². The number of pyridine rings is 1. The van der Waals surface area contributed by atoms with Gasteiger partial charge in [0.1, 0.15) is 11.6 Å². The summed E-state index contributed by atoms with van der Waals surface area (Å²) < 4.78 is 15.4. The molecule has 5 nitrogen and oxygen atoms in total. The van der Waals surface area contributed by atoms with Crippen molar-refractivity contribution in [3.63, 3.8) is 0 Å². The molecule has 2 aliphatic rings. The average molecular weight is 439 g/mol. The summed E-state index contributed by atoms with van der Waals surface area (Å²) in [5.41, 5.74) is 8.73. The highest BCUT2D eigenvalue weighted by Crippen LogP contribution is 2.46. The summed E-state index contributed by atoms with van der Waals surface area (Å²) in [6.45, 7) is 0. The number of hydrogen-bond donors (Lipinski definition) is 1. The summed E-state index contributed by atoms with van der Waals surface area (Å²) in [6, 6.07) is 10.4. The van der Waals surface area contributed by atoms with E-state index in [9.17, 15) is 14.4 Å². The third kappa shape index (κ3) is 2.90. The summed E-state index contributed by atoms with van der Waals surface area (Å²) in [6.07, 6.45) is 4.89. The Hall–Kier alpha value is -2.98. The van der Waals surface area contributed by atoms with Crippen LogP contribution in [-0.2, 0) is 4.79 Å². The van der Waals surface area contributed by atoms with Crippen molar-refractivity contribution in [3.8, 4) is 6.07 Å². The van der Waals surface area contributed by atoms with E-state index in [1.807, 2.05) is 6.07 Å². The Morgan fingerprint density at radius 1 is 1.32 bits per heavy atom. The van der Waals surface area contributed by atoms with Gasteiger partial charge in [-0.2, -0.15) is 5.26 Å². The Balaban J connectivity index is 1.99. The molecule has 0 saturated carbocycles. The van der Waals surface area contributed by atoms with Crippen molar-refractivity contribution in [2.24, 2.45) is 5.73 Å². The lowest BCUT2D eigenvalue weighted by atomic mass is 9.76. The summed E-state index contributed by atoms with van der Waals surface area (Å²) >= 11 is 3.25. The van der Waals surface area contributed by atoms with Crippen molar-refractivity contribution in [2.75, 3.05) is 4.90 Å². The fourth-order valence-electron chi connectivity index (χ4n) is 3.90. The van der Waals surface area contributed by atoms with Crippen molar-refractivity contribution in [3.05, 3.63) is 81.2 Å². The molecule has 2 aromatic rings. The third-order valence-corrected chi connectivity index (χ3v) is 5.57. The molecule has 0 spiro atoms. The predicted molar refractivity (Wildman–Crippen MR) is 106 cm³/mol. The van der Waals surface area contributed by atoms with Gasteiger partial charge < -0.3 is 5.73 Å². The number of carbonyl (C=O) groups excluding carboxylic acids is 1. The molecule has 1 aliphatic heterocycles. The minimum atomic E-state index is -0.587. The molecule has 0 bridgehead atoms. The molecule has 0 radical (unpaired) electrons. The molecule has 2 heterocycles. The topological polar surface area (TPSA) is 83.0 Å². The van der Waals surface area contributed by atoms with Crippen LogP contribution in [0.1, 0.15) is 30.7 Å². The van der Waals surface area contributed by atoms with Crippen LogP contribution in [0.15, 0.2) is 69.9 Å². The first-order valence-electron chi connectivity index (χ1n) is 8.84. The van der Waals surface area contributed by atoms with Crippen molar-refractivity contribution >= 4 is 27.4 Å². The molecule has 140 valence electrons. The van der Waals surface area contributed by atoms with Gasteiger partial charge >= 0.3 is 0 Å². The van der Waals surface area contributed by atoms with E-state index in [-0.39, 0.29) is 22.9 Å². The van der Waals surface area contributed by atoms with Crippen molar-refractivity contribution in [2.45, 2.75) is 25.2 Å². The van der Waals surface area contributed by atoms with Crippen LogP contribution in [0.5, 0.6) is 0 Å². The molecule has 4 rings (SSSR count). The second-order valence-corrected chi connectivity index (χ2v) is 7.61. The van der Waals surface area contributed by atoms with E-state index in [4.69, 9.17) is 5.73 Å². The van der Waals surface area contributed by atoms with Crippen LogP contribution in [0, 0.1) is 17.1 Å². The number of carbonyl (C=O) groups is 1. The molecule has 1 aliphatic carbocycles. The lowest BCUT2D eigenvalue weighted by Crippen LogP contribution is -2.39. The van der Waals surface area contributed by atoms with E-state index >= 15 is 0 Å². The normalized spacial score (nSPS) is 19.5. The van der Waals surface area contributed by atoms with Crippen LogP contribution < -0.4 is 10.6 Å². The number of rotatable bonds is 2. The lowest BCUT2D eigenvalue weighted by Gasteiger charge is -2.39. The minimum Gasteiger partial charge on any atom is -0.384 e. The molecule has 0 amide bonds. The molecule has 0 saturated heterocycles. The van der Waals surface area contributed by atoms with E-state index < -0.39 is 11.7 Å². The first-order chi connectivity index (χ1) is 13.5. The molecule has 0 fully saturated rings. The number of nitriles is 1. The Kier molecular flexibility index (Phi) is 4.73. The second kappa shape index (κ2) is 7.21. The van der Waals surface area contributed by atoms with E-state index in [2.05, 4.69) is 27.0 Å². The van der Waals surface area contributed by atoms with Gasteiger partial charge in [0.15, 0.2) is 5.78 Å². The summed E-state index contributed by atoms with van der Waals surface area (Å²) in [4.78, 5) is 18.6. The molecular formula is C21H16BrFN4O. The largest absolute Gasteiger partial charge is 0.384 e. The van der Waals surface area contributed by atoms with Crippen LogP contribution >= 0.6 is 15.9 Å². The number of allylic oxidation sites excluding steroid dienone is 3. The lowest BCUT2D eigenvalue weighted by molar-refractivity contribution is -0.116. The quantitative estimate of drug-likeness (QED) is 0.755. The molecule has 7 heteroatoms. The van der Waals surface area contributed by atoms with Gasteiger partial charge in [0.05, 0.1) is 23.2 Å². The summed E-state index contributed by atoms with van der Waals surface area (Å²) in [5, 5.41) is 9.88. The molecule has 28 heavy (non-hydrogen) atoms. The SMILES string of the molecule is N#CC1=C(N)N(c2ccc(Br)cc2F)C2=C(C(=O)CCC2)C1c1cccnc1. The van der Waals surface area contributed by atoms with Crippen molar-refractivity contribution < 1.29 is 9.18 Å². The molecule has 1 aromatic heterocycles. The fourth-order valence-corrected chi connectivity index (χ4v) is 4.24. The van der Waals surface area contributed by atoms with Gasteiger partial charge in [-0.15, -0.1) is 0 Å². The smallest absolute Gasteiger partial charge is 0.161 e. The Morgan fingerprint density at radius 2 is 2.14 bits per heavy atom. The first-order valence-corrected chi connectivity index (χ1v) is 9.63. The Morgan fingerprint density at radius 3 is 2.82 bits per heavy atom. The first kappa shape index (κ1) is 18.4. The van der Waals surface area contributed by atoms with Crippen LogP contribution in [0.3, 0.4) is 0 Å². The highest BCUT2D eigenvalue weighted by atomic mass is 79.9. The molecule has 1 aromatic carbocycles. The molecular weight excluding hydrogens is 423 g/mol. The minimum absolute atomic E-state index is 0.0436. The fraction of sp³-hybridized carbons (Fsp3) is 0.190. The standard InChI is InChI=1S/C21H16BrFN4O/c22-13-6-7-16(15(23)9-13)27-17-4-1-5-18(28)20(17)19(14(10-24)21(27)25)12-3-2-8-26-11-12/h2-3,6-9,11,19H,1,4-5,25H2. The van der Waals surface area contributed by atoms with E-state index in [0.29, 0.717) is 35.0 Å². The maximum absolute atomic E-state index is 14.8. The van der Waals surface area contributed by atoms with E-state index in [1.165, 1.54) is 11.0 Å². The van der Waals surface area contributed by atoms with Crippen LogP contribution in [0.2, 0.25) is 0 Å². The number of nitrogens with zero attached hydrogens (tertiary/aromatic N) is 3. The Bertz CT molecular complexity index is 1070. The van der Waals surface area contributed by atoms with Gasteiger partial charge in [-0.25, -0.2) is 4.39 Å². The number of halogens is 2. The molecule has 1 unspecified atom stereocenters. The predicted octanol–water partition coefficient (Wildman–Crippen LogP) is 4.29. The van der Waals surface area contributed by atoms with Crippen LogP contribution in [0.25, 0.3) is 0 Å². The van der Waals surface area contributed by atoms with Crippen molar-refractivity contribution in [1.82, 2.24) is 4.98 Å². The maximum atomic E-state index is 14.8. The van der Waals surface area contributed by atoms with Crippen molar-refractivity contribution in [1.29, 1.82) is 5.26 Å². The number of ketones is 1. The number of nitrogens with two attached hydrogens (primary N) is 1. The van der Waals surface area contributed by atoms with Gasteiger partial charge in [-0.3, -0.25) is 14.7 Å². The zero-order valence-electron chi connectivity index (χ0n) is 14.8. The van der Waals surface area contributed by atoms with Crippen LogP contribution in [0.4, 0.5) is 10.1 Å². The summed E-state index contributed by atoms with van der Waals surface area (Å²) in [7, 11) is 0. The number of benzene rings is 1.